The van der Waals surface area contributed by atoms with E-state index in [-0.39, 0.29) is 11.9 Å². The maximum Gasteiger partial charge on any atom is 0.419 e. The lowest BCUT2D eigenvalue weighted by Gasteiger charge is -2.14. The summed E-state index contributed by atoms with van der Waals surface area (Å²) >= 11 is 0. The summed E-state index contributed by atoms with van der Waals surface area (Å²) < 4.78 is 11.1. The molecule has 0 spiro atoms. The summed E-state index contributed by atoms with van der Waals surface area (Å²) in [4.78, 5) is 26.3. The lowest BCUT2D eigenvalue weighted by Crippen LogP contribution is -2.17. The second-order valence-corrected chi connectivity index (χ2v) is 4.29. The van der Waals surface area contributed by atoms with Crippen LogP contribution >= 0.6 is 0 Å². The van der Waals surface area contributed by atoms with E-state index in [1.165, 1.54) is 24.2 Å². The molecular weight excluding hydrogens is 248 g/mol. The minimum atomic E-state index is -0.427. The van der Waals surface area contributed by atoms with Gasteiger partial charge in [0.05, 0.1) is 13.7 Å². The van der Waals surface area contributed by atoms with Gasteiger partial charge in [0.25, 0.3) is 0 Å². The van der Waals surface area contributed by atoms with Crippen LogP contribution in [0.15, 0.2) is 18.7 Å². The van der Waals surface area contributed by atoms with Crippen molar-refractivity contribution in [2.24, 2.45) is 5.92 Å². The number of hydrogen-bond donors (Lipinski definition) is 0. The van der Waals surface area contributed by atoms with E-state index in [0.717, 1.165) is 19.3 Å². The summed E-state index contributed by atoms with van der Waals surface area (Å²) in [6.45, 7) is 2.39. The molecule has 1 rings (SSSR count). The van der Waals surface area contributed by atoms with Gasteiger partial charge in [-0.15, -0.1) is 0 Å². The first-order chi connectivity index (χ1) is 9.17. The van der Waals surface area contributed by atoms with Crippen LogP contribution < -0.4 is 0 Å². The molecule has 0 aliphatic heterocycles. The summed E-state index contributed by atoms with van der Waals surface area (Å²) in [6, 6.07) is 0. The highest BCUT2D eigenvalue weighted by Gasteiger charge is 2.12. The Morgan fingerprint density at radius 1 is 1.42 bits per heavy atom. The fourth-order valence-corrected chi connectivity index (χ4v) is 1.67. The molecule has 6 nitrogen and oxygen atoms in total. The number of aromatic nitrogens is 2. The molecule has 1 aromatic heterocycles. The molecule has 0 aromatic carbocycles. The van der Waals surface area contributed by atoms with Crippen molar-refractivity contribution in [1.29, 1.82) is 0 Å². The highest BCUT2D eigenvalue weighted by molar-refractivity contribution is 5.70. The highest BCUT2D eigenvalue weighted by atomic mass is 16.5. The Morgan fingerprint density at radius 3 is 2.79 bits per heavy atom. The molecule has 0 aliphatic rings. The topological polar surface area (TPSA) is 70.4 Å². The van der Waals surface area contributed by atoms with E-state index >= 15 is 0 Å². The first kappa shape index (κ1) is 15.2. The maximum absolute atomic E-state index is 11.6. The maximum atomic E-state index is 11.6. The van der Waals surface area contributed by atoms with Crippen molar-refractivity contribution in [2.45, 2.75) is 32.6 Å². The Bertz CT molecular complexity index is 389. The number of carbonyl (C=O) groups is 2. The van der Waals surface area contributed by atoms with Crippen LogP contribution in [0.5, 0.6) is 0 Å². The zero-order chi connectivity index (χ0) is 14.1. The zero-order valence-electron chi connectivity index (χ0n) is 11.4. The molecule has 1 heterocycles. The van der Waals surface area contributed by atoms with Crippen molar-refractivity contribution in [2.75, 3.05) is 13.7 Å². The van der Waals surface area contributed by atoms with Gasteiger partial charge in [-0.1, -0.05) is 13.3 Å². The molecule has 0 aliphatic carbocycles. The molecule has 0 saturated carbocycles. The molecule has 6 heteroatoms. The van der Waals surface area contributed by atoms with E-state index in [1.54, 1.807) is 6.20 Å². The van der Waals surface area contributed by atoms with E-state index < -0.39 is 6.09 Å². The molecule has 1 atom stereocenters. The van der Waals surface area contributed by atoms with Crippen LogP contribution in [0, 0.1) is 5.92 Å². The van der Waals surface area contributed by atoms with E-state index in [0.29, 0.717) is 13.0 Å². The smallest absolute Gasteiger partial charge is 0.419 e. The average molecular weight is 268 g/mol. The zero-order valence-corrected chi connectivity index (χ0v) is 11.4. The highest BCUT2D eigenvalue weighted by Crippen LogP contribution is 2.13. The average Bonchev–Trinajstić information content (AvgIpc) is 2.96. The van der Waals surface area contributed by atoms with Gasteiger partial charge >= 0.3 is 12.1 Å². The SMILES string of the molecule is CC[C@@H](CCCC(=O)OC)COC(=O)n1ccnc1. The van der Waals surface area contributed by atoms with Crippen molar-refractivity contribution in [3.8, 4) is 0 Å². The predicted octanol–water partition coefficient (Wildman–Crippen LogP) is 2.24. The first-order valence-corrected chi connectivity index (χ1v) is 6.39. The molecular formula is C13H20N2O4. The summed E-state index contributed by atoms with van der Waals surface area (Å²) in [6.07, 6.45) is 6.93. The Morgan fingerprint density at radius 2 is 2.21 bits per heavy atom. The second kappa shape index (κ2) is 8.29. The fraction of sp³-hybridized carbons (Fsp3) is 0.615. The van der Waals surface area contributed by atoms with Gasteiger partial charge in [-0.05, 0) is 18.8 Å². The van der Waals surface area contributed by atoms with Gasteiger partial charge in [0.2, 0.25) is 0 Å². The van der Waals surface area contributed by atoms with E-state index in [2.05, 4.69) is 9.72 Å². The molecule has 0 unspecified atom stereocenters. The number of ether oxygens (including phenoxy) is 2. The third-order valence-electron chi connectivity index (χ3n) is 2.96. The molecule has 0 fully saturated rings. The minimum absolute atomic E-state index is 0.203. The first-order valence-electron chi connectivity index (χ1n) is 6.39. The Balaban J connectivity index is 2.25. The lowest BCUT2D eigenvalue weighted by molar-refractivity contribution is -0.140. The van der Waals surface area contributed by atoms with Crippen LogP contribution in [0.1, 0.15) is 32.6 Å². The predicted molar refractivity (Wildman–Crippen MR) is 68.6 cm³/mol. The van der Waals surface area contributed by atoms with Gasteiger partial charge in [0.1, 0.15) is 6.33 Å². The van der Waals surface area contributed by atoms with Gasteiger partial charge in [0, 0.05) is 18.8 Å². The largest absolute Gasteiger partial charge is 0.469 e. The number of methoxy groups -OCH3 is 1. The summed E-state index contributed by atoms with van der Waals surface area (Å²) in [5.41, 5.74) is 0. The third kappa shape index (κ3) is 5.54. The van der Waals surface area contributed by atoms with E-state index in [1.807, 2.05) is 6.92 Å². The lowest BCUT2D eigenvalue weighted by atomic mass is 10.0. The van der Waals surface area contributed by atoms with Gasteiger partial charge < -0.3 is 9.47 Å². The van der Waals surface area contributed by atoms with Crippen molar-refractivity contribution in [1.82, 2.24) is 9.55 Å². The number of nitrogens with zero attached hydrogens (tertiary/aromatic N) is 2. The van der Waals surface area contributed by atoms with Gasteiger partial charge in [-0.25, -0.2) is 14.3 Å². The number of carbonyl (C=O) groups excluding carboxylic acids is 2. The van der Waals surface area contributed by atoms with Crippen LogP contribution in [-0.2, 0) is 14.3 Å². The molecule has 106 valence electrons. The normalized spacial score (nSPS) is 11.9. The molecule has 0 amide bonds. The number of imidazole rings is 1. The van der Waals surface area contributed by atoms with Crippen LogP contribution in [0.25, 0.3) is 0 Å². The molecule has 0 saturated heterocycles. The number of rotatable bonds is 7. The van der Waals surface area contributed by atoms with Crippen LogP contribution in [-0.4, -0.2) is 35.3 Å². The summed E-state index contributed by atoms with van der Waals surface area (Å²) in [5, 5.41) is 0. The standard InChI is InChI=1S/C13H20N2O4/c1-3-11(5-4-6-12(16)18-2)9-19-13(17)15-8-7-14-10-15/h7-8,10-11H,3-6,9H2,1-2H3/t11-/m0/s1. The van der Waals surface area contributed by atoms with Crippen LogP contribution in [0.2, 0.25) is 0 Å². The third-order valence-corrected chi connectivity index (χ3v) is 2.96. The monoisotopic (exact) mass is 268 g/mol. The van der Waals surface area contributed by atoms with Crippen LogP contribution in [0.3, 0.4) is 0 Å². The Kier molecular flexibility index (Phi) is 6.63. The quantitative estimate of drug-likeness (QED) is 0.709. The van der Waals surface area contributed by atoms with Crippen LogP contribution in [0.4, 0.5) is 4.79 Å². The Hall–Kier alpha value is -1.85. The molecule has 0 bridgehead atoms. The molecule has 1 aromatic rings. The van der Waals surface area contributed by atoms with Crippen molar-refractivity contribution < 1.29 is 19.1 Å². The van der Waals surface area contributed by atoms with E-state index in [4.69, 9.17) is 4.74 Å². The van der Waals surface area contributed by atoms with Gasteiger partial charge in [-0.3, -0.25) is 4.79 Å². The summed E-state index contributed by atoms with van der Waals surface area (Å²) in [7, 11) is 1.38. The van der Waals surface area contributed by atoms with Gasteiger partial charge in [0.15, 0.2) is 0 Å². The van der Waals surface area contributed by atoms with Crippen molar-refractivity contribution >= 4 is 12.1 Å². The van der Waals surface area contributed by atoms with E-state index in [9.17, 15) is 9.59 Å². The Labute approximate surface area is 112 Å². The molecule has 19 heavy (non-hydrogen) atoms. The molecule has 0 N–H and O–H groups in total. The number of esters is 1. The van der Waals surface area contributed by atoms with Gasteiger partial charge in [-0.2, -0.15) is 0 Å². The summed E-state index contributed by atoms with van der Waals surface area (Å²) in [5.74, 6) is 0.0578. The van der Waals surface area contributed by atoms with Crippen molar-refractivity contribution in [3.05, 3.63) is 18.7 Å². The second-order valence-electron chi connectivity index (χ2n) is 4.29. The fourth-order valence-electron chi connectivity index (χ4n) is 1.67. The minimum Gasteiger partial charge on any atom is -0.469 e. The van der Waals surface area contributed by atoms with Crippen molar-refractivity contribution in [3.63, 3.8) is 0 Å². The molecule has 0 radical (unpaired) electrons. The number of hydrogen-bond acceptors (Lipinski definition) is 5.